The van der Waals surface area contributed by atoms with Crippen molar-refractivity contribution in [2.45, 2.75) is 26.1 Å². The van der Waals surface area contributed by atoms with Gasteiger partial charge < -0.3 is 14.6 Å². The summed E-state index contributed by atoms with van der Waals surface area (Å²) in [4.78, 5) is 0. The summed E-state index contributed by atoms with van der Waals surface area (Å²) >= 11 is 0. The minimum absolute atomic E-state index is 0.00859. The van der Waals surface area contributed by atoms with Crippen LogP contribution in [-0.2, 0) is 19.5 Å². The molecule has 0 aliphatic carbocycles. The van der Waals surface area contributed by atoms with Gasteiger partial charge in [-0.05, 0) is 13.8 Å². The van der Waals surface area contributed by atoms with Crippen molar-refractivity contribution < 1.29 is 23.0 Å². The Morgan fingerprint density at radius 2 is 2.00 bits per heavy atom. The fraction of sp³-hybridized carbons (Fsp3) is 1.00. The Bertz CT molecular complexity index is 265. The number of hydrogen-bond donors (Lipinski definition) is 2. The van der Waals surface area contributed by atoms with E-state index in [2.05, 4.69) is 9.46 Å². The first-order valence-electron chi connectivity index (χ1n) is 5.13. The minimum atomic E-state index is -3.38. The van der Waals surface area contributed by atoms with E-state index in [9.17, 15) is 13.5 Å². The predicted molar refractivity (Wildman–Crippen MR) is 60.8 cm³/mol. The first-order valence-corrected chi connectivity index (χ1v) is 6.78. The van der Waals surface area contributed by atoms with Crippen LogP contribution in [0.2, 0.25) is 0 Å². The third-order valence-electron chi connectivity index (χ3n) is 1.70. The highest BCUT2D eigenvalue weighted by Crippen LogP contribution is 1.91. The first-order chi connectivity index (χ1) is 7.37. The van der Waals surface area contributed by atoms with E-state index < -0.39 is 16.1 Å². The van der Waals surface area contributed by atoms with Gasteiger partial charge in [-0.1, -0.05) is 0 Å². The Kier molecular flexibility index (Phi) is 7.86. The number of aliphatic hydroxyl groups is 1. The third kappa shape index (κ3) is 9.05. The highest BCUT2D eigenvalue weighted by Gasteiger charge is 2.13. The Balaban J connectivity index is 3.78. The van der Waals surface area contributed by atoms with Crippen LogP contribution in [0.4, 0.5) is 0 Å². The molecule has 0 fully saturated rings. The van der Waals surface area contributed by atoms with E-state index >= 15 is 0 Å². The summed E-state index contributed by atoms with van der Waals surface area (Å²) in [6.07, 6.45) is -0.819. The lowest BCUT2D eigenvalue weighted by Gasteiger charge is -2.12. The van der Waals surface area contributed by atoms with Gasteiger partial charge in [-0.2, -0.15) is 0 Å². The highest BCUT2D eigenvalue weighted by atomic mass is 32.2. The van der Waals surface area contributed by atoms with E-state index in [1.165, 1.54) is 7.11 Å². The van der Waals surface area contributed by atoms with Crippen molar-refractivity contribution in [1.82, 2.24) is 4.72 Å². The molecule has 6 nitrogen and oxygen atoms in total. The number of aliphatic hydroxyl groups excluding tert-OH is 1. The van der Waals surface area contributed by atoms with Gasteiger partial charge in [0.15, 0.2) is 0 Å². The standard InChI is InChI=1S/C9H21NO5S/c1-8(2)15-4-5-16(12,13)10-6-9(11)7-14-3/h8-11H,4-7H2,1-3H3. The normalized spacial score (nSPS) is 14.3. The summed E-state index contributed by atoms with van der Waals surface area (Å²) in [5.41, 5.74) is 0. The Labute approximate surface area is 97.0 Å². The molecule has 2 N–H and O–H groups in total. The first kappa shape index (κ1) is 15.8. The molecule has 0 radical (unpaired) electrons. The van der Waals surface area contributed by atoms with Crippen molar-refractivity contribution >= 4 is 10.0 Å². The molecular weight excluding hydrogens is 234 g/mol. The Morgan fingerprint density at radius 1 is 1.38 bits per heavy atom. The van der Waals surface area contributed by atoms with Crippen LogP contribution < -0.4 is 4.72 Å². The summed E-state index contributed by atoms with van der Waals surface area (Å²) in [6.45, 7) is 3.88. The zero-order valence-corrected chi connectivity index (χ0v) is 10.8. The Hall–Kier alpha value is -0.210. The highest BCUT2D eigenvalue weighted by molar-refractivity contribution is 7.89. The van der Waals surface area contributed by atoms with Crippen LogP contribution in [0.1, 0.15) is 13.8 Å². The van der Waals surface area contributed by atoms with Crippen molar-refractivity contribution in [3.8, 4) is 0 Å². The molecule has 16 heavy (non-hydrogen) atoms. The van der Waals surface area contributed by atoms with Gasteiger partial charge in [-0.15, -0.1) is 0 Å². The monoisotopic (exact) mass is 255 g/mol. The maximum Gasteiger partial charge on any atom is 0.213 e. The maximum atomic E-state index is 11.4. The van der Waals surface area contributed by atoms with Crippen molar-refractivity contribution in [1.29, 1.82) is 0 Å². The molecule has 1 atom stereocenters. The summed E-state index contributed by atoms with van der Waals surface area (Å²) in [5.74, 6) is -0.106. The van der Waals surface area contributed by atoms with Crippen LogP contribution in [0, 0.1) is 0 Å². The van der Waals surface area contributed by atoms with E-state index in [1.54, 1.807) is 0 Å². The second-order valence-electron chi connectivity index (χ2n) is 3.70. The van der Waals surface area contributed by atoms with E-state index in [0.29, 0.717) is 0 Å². The quantitative estimate of drug-likeness (QED) is 0.571. The third-order valence-corrected chi connectivity index (χ3v) is 3.01. The van der Waals surface area contributed by atoms with Gasteiger partial charge in [0.25, 0.3) is 0 Å². The summed E-state index contributed by atoms with van der Waals surface area (Å²) in [5, 5.41) is 9.24. The lowest BCUT2D eigenvalue weighted by atomic mass is 10.4. The molecule has 0 heterocycles. The molecule has 0 spiro atoms. The molecule has 0 saturated carbocycles. The molecule has 0 rings (SSSR count). The summed E-state index contributed by atoms with van der Waals surface area (Å²) in [7, 11) is -1.94. The number of hydrogen-bond acceptors (Lipinski definition) is 5. The van der Waals surface area contributed by atoms with Crippen molar-refractivity contribution in [2.75, 3.05) is 32.6 Å². The summed E-state index contributed by atoms with van der Waals surface area (Å²) < 4.78 is 34.8. The van der Waals surface area contributed by atoms with Crippen molar-refractivity contribution in [3.05, 3.63) is 0 Å². The van der Waals surface area contributed by atoms with Crippen LogP contribution in [0.5, 0.6) is 0 Å². The zero-order chi connectivity index (χ0) is 12.6. The maximum absolute atomic E-state index is 11.4. The van der Waals surface area contributed by atoms with Crippen LogP contribution in [0.25, 0.3) is 0 Å². The molecule has 0 aliphatic rings. The largest absolute Gasteiger partial charge is 0.389 e. The van der Waals surface area contributed by atoms with Gasteiger partial charge in [0.2, 0.25) is 10.0 Å². The molecule has 98 valence electrons. The van der Waals surface area contributed by atoms with Crippen LogP contribution in [0.15, 0.2) is 0 Å². The van der Waals surface area contributed by atoms with Crippen LogP contribution >= 0.6 is 0 Å². The summed E-state index contributed by atoms with van der Waals surface area (Å²) in [6, 6.07) is 0. The molecule has 0 aromatic carbocycles. The zero-order valence-electron chi connectivity index (χ0n) is 9.97. The van der Waals surface area contributed by atoms with E-state index in [1.807, 2.05) is 13.8 Å². The fourth-order valence-corrected chi connectivity index (χ4v) is 1.85. The van der Waals surface area contributed by atoms with Gasteiger partial charge in [-0.25, -0.2) is 13.1 Å². The molecular formula is C9H21NO5S. The molecule has 0 aromatic heterocycles. The van der Waals surface area contributed by atoms with E-state index in [0.717, 1.165) is 0 Å². The molecule has 1 unspecified atom stereocenters. The molecule has 0 aliphatic heterocycles. The average molecular weight is 255 g/mol. The minimum Gasteiger partial charge on any atom is -0.389 e. The molecule has 7 heteroatoms. The molecule has 0 aromatic rings. The number of rotatable bonds is 9. The predicted octanol–water partition coefficient (Wildman–Crippen LogP) is -0.662. The number of methoxy groups -OCH3 is 1. The van der Waals surface area contributed by atoms with Crippen LogP contribution in [0.3, 0.4) is 0 Å². The lowest BCUT2D eigenvalue weighted by molar-refractivity contribution is 0.0677. The topological polar surface area (TPSA) is 84.9 Å². The SMILES string of the molecule is COCC(O)CNS(=O)(=O)CCOC(C)C. The molecule has 0 bridgehead atoms. The van der Waals surface area contributed by atoms with Gasteiger partial charge >= 0.3 is 0 Å². The second-order valence-corrected chi connectivity index (χ2v) is 5.62. The van der Waals surface area contributed by atoms with Gasteiger partial charge in [0.05, 0.1) is 31.2 Å². The van der Waals surface area contributed by atoms with E-state index in [4.69, 9.17) is 4.74 Å². The second kappa shape index (κ2) is 7.97. The van der Waals surface area contributed by atoms with Gasteiger partial charge in [-0.3, -0.25) is 0 Å². The smallest absolute Gasteiger partial charge is 0.213 e. The average Bonchev–Trinajstić information content (AvgIpc) is 2.14. The van der Waals surface area contributed by atoms with Crippen molar-refractivity contribution in [3.63, 3.8) is 0 Å². The molecule has 0 saturated heterocycles. The molecule has 0 amide bonds. The van der Waals surface area contributed by atoms with E-state index in [-0.39, 0.29) is 31.6 Å². The fourth-order valence-electron chi connectivity index (χ4n) is 0.940. The Morgan fingerprint density at radius 3 is 2.50 bits per heavy atom. The van der Waals surface area contributed by atoms with Crippen molar-refractivity contribution in [2.24, 2.45) is 0 Å². The number of sulfonamides is 1. The number of nitrogens with one attached hydrogen (secondary N) is 1. The van der Waals surface area contributed by atoms with Crippen LogP contribution in [-0.4, -0.2) is 58.4 Å². The van der Waals surface area contributed by atoms with Gasteiger partial charge in [0.1, 0.15) is 0 Å². The van der Waals surface area contributed by atoms with Gasteiger partial charge in [0, 0.05) is 13.7 Å². The lowest BCUT2D eigenvalue weighted by Crippen LogP contribution is -2.36. The number of ether oxygens (including phenoxy) is 2.